The topological polar surface area (TPSA) is 91.3 Å². The zero-order valence-corrected chi connectivity index (χ0v) is 15.1. The third kappa shape index (κ3) is 3.67. The Morgan fingerprint density at radius 3 is 2.26 bits per heavy atom. The van der Waals surface area contributed by atoms with Gasteiger partial charge in [0.2, 0.25) is 11.5 Å². The number of hydrogen-bond acceptors (Lipinski definition) is 7. The van der Waals surface area contributed by atoms with Crippen LogP contribution in [-0.2, 0) is 0 Å². The third-order valence-corrected chi connectivity index (χ3v) is 4.24. The van der Waals surface area contributed by atoms with Gasteiger partial charge in [-0.2, -0.15) is 0 Å². The minimum atomic E-state index is -0.345. The van der Waals surface area contributed by atoms with Crippen molar-refractivity contribution in [1.82, 2.24) is 0 Å². The summed E-state index contributed by atoms with van der Waals surface area (Å²) in [5, 5.41) is 10.1. The predicted molar refractivity (Wildman–Crippen MR) is 96.5 cm³/mol. The number of phenolic OH excluding ortho intramolecular Hbond substituents is 1. The van der Waals surface area contributed by atoms with Gasteiger partial charge in [-0.3, -0.25) is 9.59 Å². The summed E-state index contributed by atoms with van der Waals surface area (Å²) in [4.78, 5) is 25.1. The molecule has 3 rings (SSSR count). The summed E-state index contributed by atoms with van der Waals surface area (Å²) in [6.07, 6.45) is -0.0517. The van der Waals surface area contributed by atoms with Crippen LogP contribution >= 0.6 is 0 Å². The summed E-state index contributed by atoms with van der Waals surface area (Å²) >= 11 is 0. The molecule has 1 aliphatic heterocycles. The lowest BCUT2D eigenvalue weighted by Gasteiger charge is -2.22. The first-order valence-corrected chi connectivity index (χ1v) is 8.45. The molecule has 7 heteroatoms. The van der Waals surface area contributed by atoms with Crippen molar-refractivity contribution in [2.45, 2.75) is 12.8 Å². The largest absolute Gasteiger partial charge is 0.504 e. The van der Waals surface area contributed by atoms with Crippen LogP contribution in [0.15, 0.2) is 30.3 Å². The quantitative estimate of drug-likeness (QED) is 0.747. The molecule has 142 valence electrons. The molecule has 0 amide bonds. The van der Waals surface area contributed by atoms with Crippen LogP contribution in [0.4, 0.5) is 0 Å². The Labute approximate surface area is 156 Å². The number of aromatic hydroxyl groups is 1. The van der Waals surface area contributed by atoms with Gasteiger partial charge in [0.1, 0.15) is 19.0 Å². The van der Waals surface area contributed by atoms with Crippen LogP contribution in [0.1, 0.15) is 33.6 Å². The maximum absolute atomic E-state index is 12.7. The molecule has 0 fully saturated rings. The predicted octanol–water partition coefficient (Wildman–Crippen LogP) is 3.03. The van der Waals surface area contributed by atoms with Crippen LogP contribution in [-0.4, -0.2) is 44.1 Å². The Morgan fingerprint density at radius 1 is 0.963 bits per heavy atom. The Kier molecular flexibility index (Phi) is 5.49. The summed E-state index contributed by atoms with van der Waals surface area (Å²) in [6.45, 7) is 0.581. The van der Waals surface area contributed by atoms with Gasteiger partial charge in [-0.15, -0.1) is 0 Å². The first-order chi connectivity index (χ1) is 13.1. The molecule has 2 aromatic rings. The van der Waals surface area contributed by atoms with Crippen molar-refractivity contribution in [1.29, 1.82) is 0 Å². The second-order valence-corrected chi connectivity index (χ2v) is 5.88. The van der Waals surface area contributed by atoms with E-state index >= 15 is 0 Å². The van der Waals surface area contributed by atoms with Crippen LogP contribution in [0.5, 0.6) is 28.7 Å². The van der Waals surface area contributed by atoms with E-state index in [2.05, 4.69) is 0 Å². The second-order valence-electron chi connectivity index (χ2n) is 5.88. The maximum atomic E-state index is 12.7. The molecule has 1 N–H and O–H groups in total. The smallest absolute Gasteiger partial charge is 0.208 e. The molecule has 0 aliphatic carbocycles. The van der Waals surface area contributed by atoms with Crippen molar-refractivity contribution in [3.63, 3.8) is 0 Å². The number of ketones is 2. The van der Waals surface area contributed by atoms with Crippen molar-refractivity contribution in [2.24, 2.45) is 0 Å². The molecule has 2 aromatic carbocycles. The lowest BCUT2D eigenvalue weighted by Crippen LogP contribution is -2.17. The minimum Gasteiger partial charge on any atom is -0.504 e. The Hall–Kier alpha value is -3.22. The fraction of sp³-hybridized carbons (Fsp3) is 0.300. The average Bonchev–Trinajstić information content (AvgIpc) is 2.71. The van der Waals surface area contributed by atoms with E-state index in [1.807, 2.05) is 0 Å². The lowest BCUT2D eigenvalue weighted by molar-refractivity contribution is 0.0912. The number of carbonyl (C=O) groups is 2. The van der Waals surface area contributed by atoms with Gasteiger partial charge in [0.25, 0.3) is 0 Å². The van der Waals surface area contributed by atoms with Crippen molar-refractivity contribution < 1.29 is 33.6 Å². The van der Waals surface area contributed by atoms with E-state index in [9.17, 15) is 14.7 Å². The lowest BCUT2D eigenvalue weighted by atomic mass is 9.99. The van der Waals surface area contributed by atoms with Crippen molar-refractivity contribution in [3.8, 4) is 28.7 Å². The van der Waals surface area contributed by atoms with Gasteiger partial charge in [-0.1, -0.05) is 12.1 Å². The number of carbonyl (C=O) groups excluding carboxylic acids is 2. The first-order valence-electron chi connectivity index (χ1n) is 8.45. The van der Waals surface area contributed by atoms with Gasteiger partial charge < -0.3 is 24.1 Å². The first kappa shape index (κ1) is 18.6. The van der Waals surface area contributed by atoms with E-state index < -0.39 is 0 Å². The van der Waals surface area contributed by atoms with Crippen LogP contribution < -0.4 is 18.9 Å². The molecule has 0 aromatic heterocycles. The summed E-state index contributed by atoms with van der Waals surface area (Å²) in [7, 11) is 2.89. The van der Waals surface area contributed by atoms with Gasteiger partial charge in [0.05, 0.1) is 25.3 Å². The Bertz CT molecular complexity index is 873. The molecule has 0 radical (unpaired) electrons. The number of phenols is 1. The molecular formula is C20H20O7. The van der Waals surface area contributed by atoms with E-state index in [4.69, 9.17) is 18.9 Å². The summed E-state index contributed by atoms with van der Waals surface area (Å²) in [5.74, 6) is 0.249. The van der Waals surface area contributed by atoms with E-state index in [0.29, 0.717) is 17.9 Å². The fourth-order valence-electron chi connectivity index (χ4n) is 2.95. The molecule has 0 bridgehead atoms. The van der Waals surface area contributed by atoms with Gasteiger partial charge in [-0.25, -0.2) is 0 Å². The summed E-state index contributed by atoms with van der Waals surface area (Å²) < 4.78 is 21.4. The molecule has 1 heterocycles. The second kappa shape index (κ2) is 7.99. The SMILES string of the molecule is COc1ccccc1C(=O)CCC(=O)c1cc(O)c2c(c1OC)OCCO2. The highest BCUT2D eigenvalue weighted by Crippen LogP contribution is 2.48. The van der Waals surface area contributed by atoms with Crippen molar-refractivity contribution in [2.75, 3.05) is 27.4 Å². The van der Waals surface area contributed by atoms with Gasteiger partial charge in [0.15, 0.2) is 23.1 Å². The van der Waals surface area contributed by atoms with Crippen LogP contribution in [0.3, 0.4) is 0 Å². The number of hydrogen-bond donors (Lipinski definition) is 1. The fourth-order valence-corrected chi connectivity index (χ4v) is 2.95. The average molecular weight is 372 g/mol. The van der Waals surface area contributed by atoms with Crippen LogP contribution in [0, 0.1) is 0 Å². The maximum Gasteiger partial charge on any atom is 0.208 e. The van der Waals surface area contributed by atoms with E-state index in [1.165, 1.54) is 20.3 Å². The van der Waals surface area contributed by atoms with Crippen LogP contribution in [0.2, 0.25) is 0 Å². The number of methoxy groups -OCH3 is 2. The summed E-state index contributed by atoms with van der Waals surface area (Å²) in [6, 6.07) is 8.13. The van der Waals surface area contributed by atoms with Crippen molar-refractivity contribution in [3.05, 3.63) is 41.5 Å². The van der Waals surface area contributed by atoms with E-state index in [1.54, 1.807) is 24.3 Å². The van der Waals surface area contributed by atoms with E-state index in [0.717, 1.165) is 0 Å². The van der Waals surface area contributed by atoms with Crippen molar-refractivity contribution >= 4 is 11.6 Å². The normalized spacial score (nSPS) is 12.4. The number of rotatable bonds is 7. The molecule has 0 saturated heterocycles. The molecule has 0 atom stereocenters. The highest BCUT2D eigenvalue weighted by molar-refractivity contribution is 6.05. The molecule has 0 spiro atoms. The zero-order chi connectivity index (χ0) is 19.4. The Balaban J connectivity index is 1.80. The molecular weight excluding hydrogens is 352 g/mol. The number of benzene rings is 2. The minimum absolute atomic E-state index is 0.00242. The molecule has 27 heavy (non-hydrogen) atoms. The third-order valence-electron chi connectivity index (χ3n) is 4.24. The number of para-hydroxylation sites is 1. The molecule has 0 unspecified atom stereocenters. The Morgan fingerprint density at radius 2 is 1.59 bits per heavy atom. The monoisotopic (exact) mass is 372 g/mol. The standard InChI is InChI=1S/C20H20O7/c1-24-17-6-4-3-5-12(17)14(21)7-8-15(22)13-11-16(23)19-20(18(13)25-2)27-10-9-26-19/h3-6,11,23H,7-10H2,1-2H3. The molecule has 0 saturated carbocycles. The van der Waals surface area contributed by atoms with E-state index in [-0.39, 0.29) is 59.6 Å². The number of fused-ring (bicyclic) bond motifs is 1. The number of Topliss-reactive ketones (excluding diaryl/α,β-unsaturated/α-hetero) is 2. The summed E-state index contributed by atoms with van der Waals surface area (Å²) in [5.41, 5.74) is 0.567. The number of ether oxygens (including phenoxy) is 4. The zero-order valence-electron chi connectivity index (χ0n) is 15.1. The molecule has 1 aliphatic rings. The van der Waals surface area contributed by atoms with Gasteiger partial charge in [0, 0.05) is 12.8 Å². The van der Waals surface area contributed by atoms with Gasteiger partial charge in [-0.05, 0) is 18.2 Å². The van der Waals surface area contributed by atoms with Crippen LogP contribution in [0.25, 0.3) is 0 Å². The highest BCUT2D eigenvalue weighted by atomic mass is 16.6. The molecule has 7 nitrogen and oxygen atoms in total. The highest BCUT2D eigenvalue weighted by Gasteiger charge is 2.27. The van der Waals surface area contributed by atoms with Gasteiger partial charge >= 0.3 is 0 Å².